The number of phenols is 1. The van der Waals surface area contributed by atoms with Gasteiger partial charge in [-0.15, -0.1) is 0 Å². The van der Waals surface area contributed by atoms with E-state index < -0.39 is 6.04 Å². The lowest BCUT2D eigenvalue weighted by Gasteiger charge is -2.37. The Bertz CT molecular complexity index is 1020. The molecule has 2 aromatic carbocycles. The molecule has 1 amide bonds. The molecule has 1 aliphatic carbocycles. The molecule has 0 saturated heterocycles. The molecule has 0 saturated carbocycles. The zero-order valence-corrected chi connectivity index (χ0v) is 17.0. The first-order valence-corrected chi connectivity index (χ1v) is 10.0. The largest absolute Gasteiger partial charge is 0.508 e. The average Bonchev–Trinajstić information content (AvgIpc) is 2.80. The summed E-state index contributed by atoms with van der Waals surface area (Å²) in [5.41, 5.74) is 3.60. The van der Waals surface area contributed by atoms with Crippen LogP contribution in [0.15, 0.2) is 59.8 Å². The third kappa shape index (κ3) is 3.41. The number of phenolic OH excluding ortho intramolecular Hbond substituents is 1. The molecule has 0 radical (unpaired) electrons. The van der Waals surface area contributed by atoms with E-state index in [4.69, 9.17) is 0 Å². The number of benzene rings is 2. The van der Waals surface area contributed by atoms with Gasteiger partial charge in [0, 0.05) is 24.1 Å². The van der Waals surface area contributed by atoms with Crippen LogP contribution in [-0.2, 0) is 9.59 Å². The number of ketones is 1. The summed E-state index contributed by atoms with van der Waals surface area (Å²) < 4.78 is 0. The number of Topliss-reactive ketones (excluding diaryl/α,β-unsaturated/α-hetero) is 1. The van der Waals surface area contributed by atoms with E-state index in [1.165, 1.54) is 0 Å². The predicted molar refractivity (Wildman–Crippen MR) is 114 cm³/mol. The molecule has 0 unspecified atom stereocenters. The fourth-order valence-corrected chi connectivity index (χ4v) is 4.44. The van der Waals surface area contributed by atoms with Gasteiger partial charge >= 0.3 is 0 Å². The summed E-state index contributed by atoms with van der Waals surface area (Å²) in [6.07, 6.45) is 1.45. The maximum Gasteiger partial charge on any atom is 0.227 e. The molecular weight excluding hydrogens is 364 g/mol. The summed E-state index contributed by atoms with van der Waals surface area (Å²) in [5, 5.41) is 13.6. The minimum absolute atomic E-state index is 0.0406. The van der Waals surface area contributed by atoms with Crippen molar-refractivity contribution in [2.24, 2.45) is 5.41 Å². The van der Waals surface area contributed by atoms with Gasteiger partial charge in [0.2, 0.25) is 5.91 Å². The highest BCUT2D eigenvalue weighted by Gasteiger charge is 2.42. The smallest absolute Gasteiger partial charge is 0.227 e. The van der Waals surface area contributed by atoms with Crippen molar-refractivity contribution < 1.29 is 14.7 Å². The van der Waals surface area contributed by atoms with Gasteiger partial charge in [0.05, 0.1) is 17.4 Å². The van der Waals surface area contributed by atoms with Crippen LogP contribution in [0.2, 0.25) is 0 Å². The molecule has 2 aromatic rings. The standard InChI is InChI=1S/C24H26N2O3/c1-4-21(29)26-19-11-6-5-10-17(19)25-18-13-24(2,3)14-20(28)22(18)23(26)15-8-7-9-16(27)12-15/h5-12,23,25,27H,4,13-14H2,1-3H3/t23-/m1/s1. The first kappa shape index (κ1) is 19.2. The molecule has 0 bridgehead atoms. The number of amides is 1. The number of rotatable bonds is 2. The molecule has 0 spiro atoms. The number of anilines is 2. The second kappa shape index (κ2) is 7.07. The Morgan fingerprint density at radius 3 is 2.66 bits per heavy atom. The van der Waals surface area contributed by atoms with Crippen LogP contribution in [0.4, 0.5) is 11.4 Å². The molecule has 4 rings (SSSR count). The van der Waals surface area contributed by atoms with Gasteiger partial charge in [-0.05, 0) is 41.7 Å². The molecule has 0 fully saturated rings. The molecule has 1 aliphatic heterocycles. The highest BCUT2D eigenvalue weighted by Crippen LogP contribution is 2.48. The number of hydrogen-bond donors (Lipinski definition) is 2. The number of nitrogens with one attached hydrogen (secondary N) is 1. The van der Waals surface area contributed by atoms with Crippen molar-refractivity contribution in [3.8, 4) is 5.75 Å². The first-order chi connectivity index (χ1) is 13.8. The lowest BCUT2D eigenvalue weighted by Crippen LogP contribution is -2.39. The molecule has 1 heterocycles. The van der Waals surface area contributed by atoms with Gasteiger partial charge in [-0.2, -0.15) is 0 Å². The molecule has 2 N–H and O–H groups in total. The van der Waals surface area contributed by atoms with Gasteiger partial charge in [-0.25, -0.2) is 0 Å². The van der Waals surface area contributed by atoms with Gasteiger partial charge < -0.3 is 10.4 Å². The highest BCUT2D eigenvalue weighted by molar-refractivity contribution is 6.06. The summed E-state index contributed by atoms with van der Waals surface area (Å²) in [5.74, 6) is 0.0837. The maximum atomic E-state index is 13.4. The van der Waals surface area contributed by atoms with Crippen LogP contribution in [-0.4, -0.2) is 16.8 Å². The van der Waals surface area contributed by atoms with E-state index in [0.29, 0.717) is 24.8 Å². The summed E-state index contributed by atoms with van der Waals surface area (Å²) >= 11 is 0. The van der Waals surface area contributed by atoms with Gasteiger partial charge in [0.1, 0.15) is 5.75 Å². The monoisotopic (exact) mass is 390 g/mol. The Balaban J connectivity index is 2.02. The Labute approximate surface area is 171 Å². The first-order valence-electron chi connectivity index (χ1n) is 10.0. The van der Waals surface area contributed by atoms with Crippen LogP contribution in [0.3, 0.4) is 0 Å². The normalized spacial score (nSPS) is 20.4. The number of allylic oxidation sites excluding steroid dienone is 1. The molecule has 29 heavy (non-hydrogen) atoms. The minimum Gasteiger partial charge on any atom is -0.508 e. The van der Waals surface area contributed by atoms with Gasteiger partial charge in [-0.3, -0.25) is 14.5 Å². The van der Waals surface area contributed by atoms with E-state index in [1.54, 1.807) is 23.1 Å². The zero-order chi connectivity index (χ0) is 20.8. The predicted octanol–water partition coefficient (Wildman–Crippen LogP) is 4.95. The van der Waals surface area contributed by atoms with Crippen molar-refractivity contribution in [3.05, 3.63) is 65.4 Å². The molecule has 0 aromatic heterocycles. The van der Waals surface area contributed by atoms with E-state index in [9.17, 15) is 14.7 Å². The van der Waals surface area contributed by atoms with E-state index in [2.05, 4.69) is 19.2 Å². The van der Waals surface area contributed by atoms with E-state index in [-0.39, 0.29) is 22.9 Å². The number of carbonyl (C=O) groups excluding carboxylic acids is 2. The maximum absolute atomic E-state index is 13.4. The average molecular weight is 390 g/mol. The quantitative estimate of drug-likeness (QED) is 0.762. The van der Waals surface area contributed by atoms with Crippen LogP contribution < -0.4 is 10.2 Å². The zero-order valence-electron chi connectivity index (χ0n) is 17.0. The van der Waals surface area contributed by atoms with E-state index >= 15 is 0 Å². The fourth-order valence-electron chi connectivity index (χ4n) is 4.44. The van der Waals surface area contributed by atoms with Crippen molar-refractivity contribution in [2.75, 3.05) is 10.2 Å². The lowest BCUT2D eigenvalue weighted by molar-refractivity contribution is -0.119. The molecule has 5 nitrogen and oxygen atoms in total. The number of carbonyl (C=O) groups is 2. The minimum atomic E-state index is -0.579. The molecular formula is C24H26N2O3. The summed E-state index contributed by atoms with van der Waals surface area (Å²) in [6, 6.07) is 13.9. The number of aromatic hydroxyl groups is 1. The third-order valence-electron chi connectivity index (χ3n) is 5.66. The fraction of sp³-hybridized carbons (Fsp3) is 0.333. The van der Waals surface area contributed by atoms with Gasteiger partial charge in [0.15, 0.2) is 5.78 Å². The number of nitrogens with zero attached hydrogens (tertiary/aromatic N) is 1. The highest BCUT2D eigenvalue weighted by atomic mass is 16.3. The van der Waals surface area contributed by atoms with Crippen molar-refractivity contribution in [1.29, 1.82) is 0 Å². The van der Waals surface area contributed by atoms with Crippen LogP contribution >= 0.6 is 0 Å². The Hall–Kier alpha value is -3.08. The topological polar surface area (TPSA) is 69.6 Å². The van der Waals surface area contributed by atoms with Crippen LogP contribution in [0.5, 0.6) is 5.75 Å². The van der Waals surface area contributed by atoms with Crippen LogP contribution in [0.25, 0.3) is 0 Å². The van der Waals surface area contributed by atoms with Crippen molar-refractivity contribution >= 4 is 23.1 Å². The van der Waals surface area contributed by atoms with Crippen molar-refractivity contribution in [2.45, 2.75) is 46.1 Å². The van der Waals surface area contributed by atoms with Crippen LogP contribution in [0, 0.1) is 5.41 Å². The summed E-state index contributed by atoms with van der Waals surface area (Å²) in [6.45, 7) is 6.00. The Morgan fingerprint density at radius 2 is 1.93 bits per heavy atom. The number of fused-ring (bicyclic) bond motifs is 1. The lowest BCUT2D eigenvalue weighted by atomic mass is 9.73. The molecule has 1 atom stereocenters. The van der Waals surface area contributed by atoms with Crippen molar-refractivity contribution in [1.82, 2.24) is 0 Å². The molecule has 150 valence electrons. The summed E-state index contributed by atoms with van der Waals surface area (Å²) in [4.78, 5) is 28.3. The summed E-state index contributed by atoms with van der Waals surface area (Å²) in [7, 11) is 0. The Kier molecular flexibility index (Phi) is 4.69. The third-order valence-corrected chi connectivity index (χ3v) is 5.66. The van der Waals surface area contributed by atoms with Gasteiger partial charge in [0.25, 0.3) is 0 Å². The number of hydrogen-bond acceptors (Lipinski definition) is 4. The van der Waals surface area contributed by atoms with E-state index in [1.807, 2.05) is 37.3 Å². The Morgan fingerprint density at radius 1 is 1.17 bits per heavy atom. The number of para-hydroxylation sites is 2. The molecule has 2 aliphatic rings. The SMILES string of the molecule is CCC(=O)N1c2ccccc2NC2=C(C(=O)CC(C)(C)C2)[C@H]1c1cccc(O)c1. The van der Waals surface area contributed by atoms with Gasteiger partial charge in [-0.1, -0.05) is 45.0 Å². The molecule has 5 heteroatoms. The van der Waals surface area contributed by atoms with Crippen LogP contribution in [0.1, 0.15) is 51.6 Å². The second-order valence-electron chi connectivity index (χ2n) is 8.59. The second-order valence-corrected chi connectivity index (χ2v) is 8.59. The van der Waals surface area contributed by atoms with Crippen molar-refractivity contribution in [3.63, 3.8) is 0 Å². The van der Waals surface area contributed by atoms with E-state index in [0.717, 1.165) is 22.6 Å².